The monoisotopic (exact) mass is 480 g/mol. The van der Waals surface area contributed by atoms with Crippen LogP contribution in [0.5, 0.6) is 28.7 Å². The Morgan fingerprint density at radius 2 is 1.77 bits per heavy atom. The number of ether oxygens (including phenoxy) is 3. The van der Waals surface area contributed by atoms with Gasteiger partial charge >= 0.3 is 0 Å². The van der Waals surface area contributed by atoms with Crippen molar-refractivity contribution in [1.82, 2.24) is 0 Å². The average molecular weight is 481 g/mol. The van der Waals surface area contributed by atoms with Crippen molar-refractivity contribution in [2.24, 2.45) is 0 Å². The van der Waals surface area contributed by atoms with Gasteiger partial charge in [-0.15, -0.1) is 0 Å². The number of aliphatic hydroxyl groups is 3. The van der Waals surface area contributed by atoms with E-state index in [1.54, 1.807) is 30.3 Å². The van der Waals surface area contributed by atoms with Gasteiger partial charge in [0.05, 0.1) is 26.4 Å². The Morgan fingerprint density at radius 1 is 0.971 bits per heavy atom. The number of aromatic hydroxyl groups is 2. The normalized spacial score (nSPS) is 18.3. The van der Waals surface area contributed by atoms with Crippen LogP contribution in [0.15, 0.2) is 42.5 Å². The zero-order valence-corrected chi connectivity index (χ0v) is 19.3. The van der Waals surface area contributed by atoms with Gasteiger partial charge in [0, 0.05) is 23.6 Å². The summed E-state index contributed by atoms with van der Waals surface area (Å²) < 4.78 is 17.5. The fourth-order valence-corrected chi connectivity index (χ4v) is 5.01. The van der Waals surface area contributed by atoms with Gasteiger partial charge in [0.25, 0.3) is 0 Å². The fraction of sp³-hybridized carbons (Fsp3) is 0.333. The van der Waals surface area contributed by atoms with E-state index in [2.05, 4.69) is 0 Å². The van der Waals surface area contributed by atoms with Crippen LogP contribution in [-0.4, -0.2) is 58.1 Å². The van der Waals surface area contributed by atoms with E-state index in [0.717, 1.165) is 27.8 Å². The summed E-state index contributed by atoms with van der Waals surface area (Å²) in [4.78, 5) is 0. The fourth-order valence-electron chi connectivity index (χ4n) is 5.01. The van der Waals surface area contributed by atoms with Crippen LogP contribution in [0.25, 0.3) is 11.1 Å². The number of aliphatic hydroxyl groups excluding tert-OH is 3. The van der Waals surface area contributed by atoms with E-state index in [4.69, 9.17) is 14.2 Å². The Bertz CT molecular complexity index is 1250. The number of phenolic OH excluding ortho intramolecular Hbond substituents is 2. The molecule has 0 unspecified atom stereocenters. The highest BCUT2D eigenvalue weighted by Crippen LogP contribution is 2.49. The summed E-state index contributed by atoms with van der Waals surface area (Å²) in [6, 6.07) is 11.7. The quantitative estimate of drug-likeness (QED) is 0.364. The lowest BCUT2D eigenvalue weighted by Gasteiger charge is -2.35. The number of aryl methyl sites for hydroxylation is 1. The molecule has 35 heavy (non-hydrogen) atoms. The number of rotatable bonds is 6. The first-order chi connectivity index (χ1) is 16.9. The second-order valence-electron chi connectivity index (χ2n) is 8.89. The molecule has 184 valence electrons. The molecule has 2 aliphatic rings. The predicted molar refractivity (Wildman–Crippen MR) is 127 cm³/mol. The highest BCUT2D eigenvalue weighted by atomic mass is 16.5. The number of hydrogen-bond donors (Lipinski definition) is 5. The van der Waals surface area contributed by atoms with Crippen LogP contribution in [0.3, 0.4) is 0 Å². The van der Waals surface area contributed by atoms with Gasteiger partial charge in [-0.2, -0.15) is 0 Å². The van der Waals surface area contributed by atoms with Crippen LogP contribution in [0.4, 0.5) is 0 Å². The molecule has 3 aromatic rings. The van der Waals surface area contributed by atoms with E-state index >= 15 is 0 Å². The molecule has 0 saturated heterocycles. The molecule has 0 fully saturated rings. The largest absolute Gasteiger partial charge is 0.508 e. The first-order valence-corrected chi connectivity index (χ1v) is 11.5. The van der Waals surface area contributed by atoms with Gasteiger partial charge in [0.15, 0.2) is 11.5 Å². The lowest BCUT2D eigenvalue weighted by Crippen LogP contribution is -2.32. The Morgan fingerprint density at radius 3 is 2.51 bits per heavy atom. The molecule has 5 rings (SSSR count). The summed E-state index contributed by atoms with van der Waals surface area (Å²) >= 11 is 0. The van der Waals surface area contributed by atoms with Gasteiger partial charge in [0.2, 0.25) is 0 Å². The maximum Gasteiger partial charge on any atom is 0.160 e. The van der Waals surface area contributed by atoms with Crippen LogP contribution in [0.1, 0.15) is 28.4 Å². The molecule has 0 bridgehead atoms. The average Bonchev–Trinajstić information content (AvgIpc) is 2.87. The van der Waals surface area contributed by atoms with E-state index in [0.29, 0.717) is 36.3 Å². The van der Waals surface area contributed by atoms with Crippen molar-refractivity contribution in [3.63, 3.8) is 0 Å². The van der Waals surface area contributed by atoms with E-state index in [9.17, 15) is 25.5 Å². The molecule has 1 aliphatic heterocycles. The summed E-state index contributed by atoms with van der Waals surface area (Å²) in [7, 11) is 1.46. The molecule has 3 aromatic carbocycles. The SMILES string of the molecule is COc1cc([C@@H]2Oc3cc(OC(CO)CO)c4c(c3C[C@H]2O)CCc2cc(O)ccc2-4)ccc1O. The second-order valence-corrected chi connectivity index (χ2v) is 8.89. The summed E-state index contributed by atoms with van der Waals surface area (Å²) in [6.45, 7) is -0.722. The standard InChI is InChI=1S/C27H28O8/c1-33-24-9-15(3-7-21(24)31)27-22(32)10-20-19-5-2-14-8-16(30)4-6-18(14)26(19)25(11-23(20)35-27)34-17(12-28)13-29/h3-4,6-9,11,17,22,27-32H,2,5,10,12-13H2,1H3/t22-,27+/m1/s1. The molecular formula is C27H28O8. The maximum absolute atomic E-state index is 11.1. The van der Waals surface area contributed by atoms with Crippen LogP contribution in [0.2, 0.25) is 0 Å². The molecule has 5 N–H and O–H groups in total. The summed E-state index contributed by atoms with van der Waals surface area (Å²) in [5.74, 6) is 1.47. The number of benzene rings is 3. The molecule has 0 saturated carbocycles. The third kappa shape index (κ3) is 4.14. The van der Waals surface area contributed by atoms with Crippen molar-refractivity contribution < 1.29 is 39.7 Å². The van der Waals surface area contributed by atoms with E-state index in [1.807, 2.05) is 6.07 Å². The predicted octanol–water partition coefficient (Wildman–Crippen LogP) is 2.64. The molecular weight excluding hydrogens is 452 g/mol. The van der Waals surface area contributed by atoms with Crippen LogP contribution in [0, 0.1) is 0 Å². The molecule has 1 aliphatic carbocycles. The first kappa shape index (κ1) is 23.3. The van der Waals surface area contributed by atoms with Crippen molar-refractivity contribution >= 4 is 0 Å². The topological polar surface area (TPSA) is 129 Å². The van der Waals surface area contributed by atoms with E-state index < -0.39 is 18.3 Å². The number of methoxy groups -OCH3 is 1. The van der Waals surface area contributed by atoms with Crippen molar-refractivity contribution in [3.8, 4) is 39.9 Å². The van der Waals surface area contributed by atoms with Crippen molar-refractivity contribution in [2.75, 3.05) is 20.3 Å². The molecule has 0 spiro atoms. The number of phenols is 2. The third-order valence-corrected chi connectivity index (χ3v) is 6.72. The highest BCUT2D eigenvalue weighted by molar-refractivity contribution is 5.82. The second kappa shape index (κ2) is 9.30. The molecule has 8 nitrogen and oxygen atoms in total. The molecule has 8 heteroatoms. The molecule has 1 heterocycles. The minimum absolute atomic E-state index is 0.00421. The summed E-state index contributed by atoms with van der Waals surface area (Å²) in [5.41, 5.74) is 5.20. The Hall–Kier alpha value is -3.46. The Balaban J connectivity index is 1.62. The van der Waals surface area contributed by atoms with Gasteiger partial charge in [0.1, 0.15) is 29.5 Å². The van der Waals surface area contributed by atoms with Gasteiger partial charge in [-0.3, -0.25) is 0 Å². The Labute approximate surface area is 202 Å². The molecule has 0 radical (unpaired) electrons. The third-order valence-electron chi connectivity index (χ3n) is 6.72. The minimum Gasteiger partial charge on any atom is -0.508 e. The van der Waals surface area contributed by atoms with Crippen LogP contribution >= 0.6 is 0 Å². The van der Waals surface area contributed by atoms with E-state index in [1.165, 1.54) is 13.2 Å². The van der Waals surface area contributed by atoms with Crippen molar-refractivity contribution in [1.29, 1.82) is 0 Å². The van der Waals surface area contributed by atoms with Gasteiger partial charge in [-0.05, 0) is 59.4 Å². The molecule has 0 amide bonds. The summed E-state index contributed by atoms with van der Waals surface area (Å²) in [6.07, 6.45) is -0.639. The number of hydrogen-bond acceptors (Lipinski definition) is 8. The van der Waals surface area contributed by atoms with Crippen LogP contribution < -0.4 is 14.2 Å². The van der Waals surface area contributed by atoms with Crippen LogP contribution in [-0.2, 0) is 19.3 Å². The number of fused-ring (bicyclic) bond motifs is 5. The zero-order valence-electron chi connectivity index (χ0n) is 19.3. The van der Waals surface area contributed by atoms with E-state index in [-0.39, 0.29) is 30.5 Å². The lowest BCUT2D eigenvalue weighted by atomic mass is 9.80. The lowest BCUT2D eigenvalue weighted by molar-refractivity contribution is 0.0196. The van der Waals surface area contributed by atoms with Gasteiger partial charge < -0.3 is 39.7 Å². The summed E-state index contributed by atoms with van der Waals surface area (Å²) in [5, 5.41) is 50.3. The molecule has 2 atom stereocenters. The zero-order chi connectivity index (χ0) is 24.7. The van der Waals surface area contributed by atoms with Crippen molar-refractivity contribution in [2.45, 2.75) is 37.6 Å². The smallest absolute Gasteiger partial charge is 0.160 e. The first-order valence-electron chi connectivity index (χ1n) is 11.5. The maximum atomic E-state index is 11.1. The minimum atomic E-state index is -0.837. The highest BCUT2D eigenvalue weighted by Gasteiger charge is 2.35. The Kier molecular flexibility index (Phi) is 6.19. The van der Waals surface area contributed by atoms with Gasteiger partial charge in [-0.1, -0.05) is 12.1 Å². The molecule has 0 aromatic heterocycles. The van der Waals surface area contributed by atoms with Gasteiger partial charge in [-0.25, -0.2) is 0 Å². The van der Waals surface area contributed by atoms with Crippen molar-refractivity contribution in [3.05, 3.63) is 64.7 Å².